The number of imide groups is 1. The highest BCUT2D eigenvalue weighted by Crippen LogP contribution is 2.23. The summed E-state index contributed by atoms with van der Waals surface area (Å²) < 4.78 is 16.4. The number of hydrogen-bond donors (Lipinski definition) is 0. The lowest BCUT2D eigenvalue weighted by Crippen LogP contribution is -2.57. The molecule has 2 aliphatic heterocycles. The molecule has 0 radical (unpaired) electrons. The second kappa shape index (κ2) is 10.7. The van der Waals surface area contributed by atoms with Crippen molar-refractivity contribution in [2.24, 2.45) is 0 Å². The van der Waals surface area contributed by atoms with Gasteiger partial charge in [-0.15, -0.1) is 0 Å². The van der Waals surface area contributed by atoms with E-state index in [-0.39, 0.29) is 29.9 Å². The summed E-state index contributed by atoms with van der Waals surface area (Å²) >= 11 is 0. The number of carbonyl (C=O) groups is 4. The lowest BCUT2D eigenvalue weighted by Gasteiger charge is -2.42. The molecule has 1 aromatic heterocycles. The summed E-state index contributed by atoms with van der Waals surface area (Å²) in [6.07, 6.45) is 1.50. The number of hydrogen-bond acceptors (Lipinski definition) is 9. The minimum atomic E-state index is -0.701. The molecule has 186 valence electrons. The van der Waals surface area contributed by atoms with Gasteiger partial charge in [-0.25, -0.2) is 14.5 Å². The Bertz CT molecular complexity index is 1090. The average molecular weight is 485 g/mol. The van der Waals surface area contributed by atoms with Crippen LogP contribution in [0, 0.1) is 0 Å². The van der Waals surface area contributed by atoms with Crippen molar-refractivity contribution in [3.8, 4) is 11.4 Å². The number of aromatic nitrogens is 2. The number of morpholine rings is 1. The van der Waals surface area contributed by atoms with Crippen molar-refractivity contribution >= 4 is 24.2 Å². The number of rotatable bonds is 7. The highest BCUT2D eigenvalue weighted by molar-refractivity contribution is 6.01. The summed E-state index contributed by atoms with van der Waals surface area (Å²) in [4.78, 5) is 51.0. The largest absolute Gasteiger partial charge is 0.497 e. The summed E-state index contributed by atoms with van der Waals surface area (Å²) in [6.45, 7) is 2.04. The van der Waals surface area contributed by atoms with E-state index in [1.807, 2.05) is 5.01 Å². The summed E-state index contributed by atoms with van der Waals surface area (Å²) in [5, 5.41) is 7.86. The SMILES string of the molecule is COC(=O)c1cc(C(=O)N(C=O)C2CCN(N3CCOCC3=O)CC2)n(-c2ccc(OC)cc2)n1. The molecule has 0 unspecified atom stereocenters. The van der Waals surface area contributed by atoms with E-state index in [1.54, 1.807) is 29.3 Å². The Labute approximate surface area is 201 Å². The molecule has 0 N–H and O–H groups in total. The molecule has 4 rings (SSSR count). The zero-order valence-electron chi connectivity index (χ0n) is 19.6. The second-order valence-corrected chi connectivity index (χ2v) is 8.09. The molecule has 2 fully saturated rings. The summed E-state index contributed by atoms with van der Waals surface area (Å²) in [5.41, 5.74) is 0.502. The van der Waals surface area contributed by atoms with Crippen LogP contribution < -0.4 is 4.74 Å². The molecule has 3 amide bonds. The van der Waals surface area contributed by atoms with Gasteiger partial charge in [0.05, 0.1) is 33.1 Å². The third-order valence-electron chi connectivity index (χ3n) is 6.12. The predicted molar refractivity (Wildman–Crippen MR) is 121 cm³/mol. The second-order valence-electron chi connectivity index (χ2n) is 8.09. The van der Waals surface area contributed by atoms with Gasteiger partial charge < -0.3 is 14.2 Å². The van der Waals surface area contributed by atoms with Gasteiger partial charge in [-0.1, -0.05) is 0 Å². The van der Waals surface area contributed by atoms with E-state index < -0.39 is 11.9 Å². The molecular formula is C23H27N5O7. The van der Waals surface area contributed by atoms with Crippen LogP contribution in [-0.2, 0) is 19.1 Å². The minimum Gasteiger partial charge on any atom is -0.497 e. The first kappa shape index (κ1) is 24.4. The fraction of sp³-hybridized carbons (Fsp3) is 0.435. The van der Waals surface area contributed by atoms with E-state index in [2.05, 4.69) is 5.10 Å². The van der Waals surface area contributed by atoms with Gasteiger partial charge in [0, 0.05) is 25.2 Å². The lowest BCUT2D eigenvalue weighted by molar-refractivity contribution is -0.168. The molecule has 12 heteroatoms. The van der Waals surface area contributed by atoms with Crippen molar-refractivity contribution in [3.05, 3.63) is 41.7 Å². The number of nitrogens with zero attached hydrogens (tertiary/aromatic N) is 5. The van der Waals surface area contributed by atoms with Crippen LogP contribution in [0.5, 0.6) is 5.75 Å². The Balaban J connectivity index is 1.56. The van der Waals surface area contributed by atoms with Crippen molar-refractivity contribution in [1.29, 1.82) is 0 Å². The molecular weight excluding hydrogens is 458 g/mol. The van der Waals surface area contributed by atoms with Crippen molar-refractivity contribution in [3.63, 3.8) is 0 Å². The van der Waals surface area contributed by atoms with Gasteiger partial charge in [-0.05, 0) is 37.1 Å². The van der Waals surface area contributed by atoms with E-state index in [0.29, 0.717) is 56.9 Å². The third kappa shape index (κ3) is 5.03. The number of hydrazine groups is 1. The third-order valence-corrected chi connectivity index (χ3v) is 6.12. The van der Waals surface area contributed by atoms with Gasteiger partial charge in [0.15, 0.2) is 5.69 Å². The molecule has 35 heavy (non-hydrogen) atoms. The predicted octanol–water partition coefficient (Wildman–Crippen LogP) is 0.504. The number of piperidine rings is 1. The number of carbonyl (C=O) groups excluding carboxylic acids is 4. The van der Waals surface area contributed by atoms with Crippen LogP contribution in [0.4, 0.5) is 0 Å². The normalized spacial score (nSPS) is 17.2. The number of esters is 1. The Kier molecular flexibility index (Phi) is 7.42. The number of ether oxygens (including phenoxy) is 3. The standard InChI is InChI=1S/C23H27N5O7/c1-33-18-5-3-17(4-6-18)28-20(13-19(24-28)23(32)34-2)22(31)26(15-29)16-7-9-25(10-8-16)27-11-12-35-14-21(27)30/h3-6,13,15-16H,7-12,14H2,1-2H3. The van der Waals surface area contributed by atoms with Gasteiger partial charge in [-0.2, -0.15) is 5.10 Å². The van der Waals surface area contributed by atoms with Crippen molar-refractivity contribution in [2.75, 3.05) is 47.1 Å². The summed E-state index contributed by atoms with van der Waals surface area (Å²) in [5.74, 6) is -0.773. The van der Waals surface area contributed by atoms with Gasteiger partial charge >= 0.3 is 5.97 Å². The van der Waals surface area contributed by atoms with Crippen LogP contribution in [0.1, 0.15) is 33.8 Å². The molecule has 0 aliphatic carbocycles. The number of amides is 3. The Morgan fingerprint density at radius 2 is 1.86 bits per heavy atom. The maximum Gasteiger partial charge on any atom is 0.358 e. The summed E-state index contributed by atoms with van der Waals surface area (Å²) in [6, 6.07) is 7.72. The molecule has 1 aromatic carbocycles. The zero-order chi connectivity index (χ0) is 24.9. The van der Waals surface area contributed by atoms with Crippen LogP contribution in [0.2, 0.25) is 0 Å². The zero-order valence-corrected chi connectivity index (χ0v) is 19.6. The average Bonchev–Trinajstić information content (AvgIpc) is 3.35. The van der Waals surface area contributed by atoms with Gasteiger partial charge in [-0.3, -0.25) is 24.3 Å². The van der Waals surface area contributed by atoms with E-state index in [4.69, 9.17) is 14.2 Å². The van der Waals surface area contributed by atoms with Crippen LogP contribution in [0.15, 0.2) is 30.3 Å². The van der Waals surface area contributed by atoms with Crippen molar-refractivity contribution in [2.45, 2.75) is 18.9 Å². The first-order chi connectivity index (χ1) is 17.0. The molecule has 0 bridgehead atoms. The highest BCUT2D eigenvalue weighted by atomic mass is 16.5. The van der Waals surface area contributed by atoms with Gasteiger partial charge in [0.25, 0.3) is 11.8 Å². The van der Waals surface area contributed by atoms with Crippen LogP contribution >= 0.6 is 0 Å². The van der Waals surface area contributed by atoms with E-state index in [0.717, 1.165) is 4.90 Å². The fourth-order valence-corrected chi connectivity index (χ4v) is 4.27. The molecule has 0 atom stereocenters. The number of benzene rings is 1. The maximum absolute atomic E-state index is 13.5. The van der Waals surface area contributed by atoms with Crippen molar-refractivity contribution in [1.82, 2.24) is 24.7 Å². The van der Waals surface area contributed by atoms with Crippen LogP contribution in [-0.4, -0.2) is 102 Å². The van der Waals surface area contributed by atoms with Crippen molar-refractivity contribution < 1.29 is 33.4 Å². The van der Waals surface area contributed by atoms with E-state index in [9.17, 15) is 19.2 Å². The van der Waals surface area contributed by atoms with Crippen LogP contribution in [0.25, 0.3) is 5.69 Å². The Morgan fingerprint density at radius 3 is 2.46 bits per heavy atom. The maximum atomic E-state index is 13.5. The first-order valence-electron chi connectivity index (χ1n) is 11.2. The van der Waals surface area contributed by atoms with E-state index >= 15 is 0 Å². The molecule has 2 aromatic rings. The molecule has 0 spiro atoms. The monoisotopic (exact) mass is 485 g/mol. The quantitative estimate of drug-likeness (QED) is 0.407. The Morgan fingerprint density at radius 1 is 1.14 bits per heavy atom. The van der Waals surface area contributed by atoms with Crippen LogP contribution in [0.3, 0.4) is 0 Å². The van der Waals surface area contributed by atoms with Gasteiger partial charge in [0.2, 0.25) is 6.41 Å². The minimum absolute atomic E-state index is 0.0495. The topological polar surface area (TPSA) is 124 Å². The number of methoxy groups -OCH3 is 2. The van der Waals surface area contributed by atoms with E-state index in [1.165, 1.54) is 25.0 Å². The molecule has 3 heterocycles. The molecule has 2 aliphatic rings. The fourth-order valence-electron chi connectivity index (χ4n) is 4.27. The van der Waals surface area contributed by atoms with Gasteiger partial charge in [0.1, 0.15) is 18.1 Å². The molecule has 12 nitrogen and oxygen atoms in total. The molecule has 2 saturated heterocycles. The first-order valence-corrected chi connectivity index (χ1v) is 11.2. The molecule has 0 saturated carbocycles. The summed E-state index contributed by atoms with van der Waals surface area (Å²) in [7, 11) is 2.76. The highest BCUT2D eigenvalue weighted by Gasteiger charge is 2.34. The Hall–Kier alpha value is -3.77. The smallest absolute Gasteiger partial charge is 0.358 e. The lowest BCUT2D eigenvalue weighted by atomic mass is 10.0.